The van der Waals surface area contributed by atoms with Crippen LogP contribution in [-0.2, 0) is 4.74 Å². The van der Waals surface area contributed by atoms with Gasteiger partial charge in [0.1, 0.15) is 0 Å². The molecule has 19 heavy (non-hydrogen) atoms. The van der Waals surface area contributed by atoms with Gasteiger partial charge in [0.15, 0.2) is 0 Å². The fourth-order valence-corrected chi connectivity index (χ4v) is 2.68. The van der Waals surface area contributed by atoms with Crippen molar-refractivity contribution in [2.45, 2.75) is 33.7 Å². The van der Waals surface area contributed by atoms with Gasteiger partial charge >= 0.3 is 5.97 Å². The third kappa shape index (κ3) is 2.05. The largest absolute Gasteiger partial charge is 0.465 e. The highest BCUT2D eigenvalue weighted by molar-refractivity contribution is 5.96. The van der Waals surface area contributed by atoms with E-state index in [2.05, 4.69) is 33.0 Å². The number of hydrogen-bond donors (Lipinski definition) is 2. The molecule has 2 rings (SSSR count). The van der Waals surface area contributed by atoms with Crippen LogP contribution in [0.4, 0.5) is 11.4 Å². The molecule has 0 saturated heterocycles. The molecule has 3 N–H and O–H groups in total. The molecule has 1 saturated carbocycles. The number of carbonyl (C=O) groups is 1. The molecule has 4 nitrogen and oxygen atoms in total. The summed E-state index contributed by atoms with van der Waals surface area (Å²) in [5, 5.41) is 3.45. The number of rotatable bonds is 3. The van der Waals surface area contributed by atoms with E-state index in [9.17, 15) is 4.79 Å². The van der Waals surface area contributed by atoms with Crippen molar-refractivity contribution in [2.24, 2.45) is 10.8 Å². The Kier molecular flexibility index (Phi) is 3.00. The number of nitrogens with two attached hydrogens (primary N) is 1. The maximum absolute atomic E-state index is 11.8. The molecule has 1 fully saturated rings. The van der Waals surface area contributed by atoms with Crippen molar-refractivity contribution in [3.05, 3.63) is 23.8 Å². The van der Waals surface area contributed by atoms with Gasteiger partial charge in [0.25, 0.3) is 0 Å². The van der Waals surface area contributed by atoms with Crippen molar-refractivity contribution in [1.29, 1.82) is 0 Å². The maximum Gasteiger partial charge on any atom is 0.340 e. The molecule has 0 aromatic heterocycles. The van der Waals surface area contributed by atoms with E-state index in [1.807, 2.05) is 6.07 Å². The number of nitrogen functional groups attached to an aromatic ring is 1. The monoisotopic (exact) mass is 262 g/mol. The van der Waals surface area contributed by atoms with E-state index in [1.54, 1.807) is 12.1 Å². The van der Waals surface area contributed by atoms with Gasteiger partial charge in [0.05, 0.1) is 12.7 Å². The smallest absolute Gasteiger partial charge is 0.340 e. The first-order chi connectivity index (χ1) is 8.71. The number of methoxy groups -OCH3 is 1. The predicted molar refractivity (Wildman–Crippen MR) is 77.2 cm³/mol. The van der Waals surface area contributed by atoms with E-state index in [-0.39, 0.29) is 16.8 Å². The predicted octanol–water partition coefficient (Wildman–Crippen LogP) is 2.90. The van der Waals surface area contributed by atoms with Crippen LogP contribution >= 0.6 is 0 Å². The van der Waals surface area contributed by atoms with Gasteiger partial charge in [-0.25, -0.2) is 4.79 Å². The Morgan fingerprint density at radius 2 is 1.84 bits per heavy atom. The zero-order valence-electron chi connectivity index (χ0n) is 12.2. The number of esters is 1. The third-order valence-electron chi connectivity index (χ3n) is 4.77. The second-order valence-electron chi connectivity index (χ2n) is 6.32. The van der Waals surface area contributed by atoms with Crippen LogP contribution in [-0.4, -0.2) is 19.1 Å². The Bertz CT molecular complexity index is 507. The summed E-state index contributed by atoms with van der Waals surface area (Å²) in [7, 11) is 1.38. The van der Waals surface area contributed by atoms with Gasteiger partial charge < -0.3 is 15.8 Å². The first-order valence-corrected chi connectivity index (χ1v) is 6.46. The van der Waals surface area contributed by atoms with Crippen molar-refractivity contribution >= 4 is 17.3 Å². The lowest BCUT2D eigenvalue weighted by Crippen LogP contribution is -2.14. The van der Waals surface area contributed by atoms with Gasteiger partial charge in [0, 0.05) is 17.4 Å². The normalized spacial score (nSPS) is 19.8. The molecule has 1 aromatic rings. The Balaban J connectivity index is 2.30. The third-order valence-corrected chi connectivity index (χ3v) is 4.77. The summed E-state index contributed by atoms with van der Waals surface area (Å²) in [4.78, 5) is 11.8. The Hall–Kier alpha value is -1.71. The van der Waals surface area contributed by atoms with E-state index in [0.717, 1.165) is 5.69 Å². The molecule has 0 spiro atoms. The number of hydrogen-bond acceptors (Lipinski definition) is 4. The minimum Gasteiger partial charge on any atom is -0.465 e. The molecule has 0 amide bonds. The fourth-order valence-electron chi connectivity index (χ4n) is 2.68. The van der Waals surface area contributed by atoms with E-state index in [1.165, 1.54) is 7.11 Å². The molecule has 0 radical (unpaired) electrons. The lowest BCUT2D eigenvalue weighted by atomic mass is 10.0. The lowest BCUT2D eigenvalue weighted by Gasteiger charge is -2.13. The average Bonchev–Trinajstić information content (AvgIpc) is 2.72. The van der Waals surface area contributed by atoms with E-state index in [4.69, 9.17) is 10.5 Å². The molecule has 0 bridgehead atoms. The van der Waals surface area contributed by atoms with Gasteiger partial charge in [-0.15, -0.1) is 0 Å². The fraction of sp³-hybridized carbons (Fsp3) is 0.533. The van der Waals surface area contributed by atoms with Crippen molar-refractivity contribution < 1.29 is 9.53 Å². The summed E-state index contributed by atoms with van der Waals surface area (Å²) in [6, 6.07) is 5.60. The minimum atomic E-state index is -0.369. The Morgan fingerprint density at radius 1 is 1.26 bits per heavy atom. The second-order valence-corrected chi connectivity index (χ2v) is 6.32. The summed E-state index contributed by atoms with van der Waals surface area (Å²) in [6.07, 6.45) is 0. The van der Waals surface area contributed by atoms with E-state index < -0.39 is 0 Å². The van der Waals surface area contributed by atoms with Gasteiger partial charge in [-0.2, -0.15) is 0 Å². The molecule has 104 valence electrons. The number of carbonyl (C=O) groups excluding carboxylic acids is 1. The van der Waals surface area contributed by atoms with Crippen LogP contribution in [0.15, 0.2) is 18.2 Å². The lowest BCUT2D eigenvalue weighted by molar-refractivity contribution is 0.0602. The zero-order chi connectivity index (χ0) is 14.4. The van der Waals surface area contributed by atoms with Crippen LogP contribution in [0.2, 0.25) is 0 Å². The summed E-state index contributed by atoms with van der Waals surface area (Å²) in [5.74, 6) is -0.369. The zero-order valence-corrected chi connectivity index (χ0v) is 12.2. The summed E-state index contributed by atoms with van der Waals surface area (Å²) < 4.78 is 4.80. The topological polar surface area (TPSA) is 64.3 Å². The summed E-state index contributed by atoms with van der Waals surface area (Å²) >= 11 is 0. The number of nitrogens with one attached hydrogen (secondary N) is 1. The highest BCUT2D eigenvalue weighted by atomic mass is 16.5. The first kappa shape index (κ1) is 13.7. The van der Waals surface area contributed by atoms with E-state index in [0.29, 0.717) is 17.3 Å². The summed E-state index contributed by atoms with van der Waals surface area (Å²) in [5.41, 5.74) is 7.95. The maximum atomic E-state index is 11.8. The molecule has 0 atom stereocenters. The van der Waals surface area contributed by atoms with Crippen molar-refractivity contribution in [2.75, 3.05) is 18.2 Å². The Labute approximate surface area is 114 Å². The second kappa shape index (κ2) is 4.15. The molecule has 1 aliphatic carbocycles. The molecule has 0 aliphatic heterocycles. The SMILES string of the molecule is COC(=O)c1cc(N)ccc1NC1C(C)(C)C1(C)C. The van der Waals surface area contributed by atoms with Crippen LogP contribution in [0.1, 0.15) is 38.1 Å². The van der Waals surface area contributed by atoms with Crippen LogP contribution in [0, 0.1) is 10.8 Å². The van der Waals surface area contributed by atoms with Gasteiger partial charge in [-0.3, -0.25) is 0 Å². The van der Waals surface area contributed by atoms with Crippen molar-refractivity contribution in [3.8, 4) is 0 Å². The molecule has 4 heteroatoms. The molecular formula is C15H22N2O2. The first-order valence-electron chi connectivity index (χ1n) is 6.46. The summed E-state index contributed by atoms with van der Waals surface area (Å²) in [6.45, 7) is 8.89. The molecular weight excluding hydrogens is 240 g/mol. The van der Waals surface area contributed by atoms with Crippen LogP contribution in [0.25, 0.3) is 0 Å². The van der Waals surface area contributed by atoms with Gasteiger partial charge in [0.2, 0.25) is 0 Å². The number of ether oxygens (including phenoxy) is 1. The van der Waals surface area contributed by atoms with Crippen LogP contribution in [0.5, 0.6) is 0 Å². The average molecular weight is 262 g/mol. The van der Waals surface area contributed by atoms with Gasteiger partial charge in [-0.1, -0.05) is 27.7 Å². The minimum absolute atomic E-state index is 0.196. The molecule has 0 unspecified atom stereocenters. The highest BCUT2D eigenvalue weighted by Gasteiger charge is 2.65. The number of benzene rings is 1. The van der Waals surface area contributed by atoms with Crippen molar-refractivity contribution in [3.63, 3.8) is 0 Å². The highest BCUT2D eigenvalue weighted by Crippen LogP contribution is 2.63. The Morgan fingerprint density at radius 3 is 2.32 bits per heavy atom. The molecule has 1 aromatic carbocycles. The number of anilines is 2. The molecule has 1 aliphatic rings. The van der Waals surface area contributed by atoms with Gasteiger partial charge in [-0.05, 0) is 29.0 Å². The van der Waals surface area contributed by atoms with E-state index >= 15 is 0 Å². The van der Waals surface area contributed by atoms with Crippen LogP contribution < -0.4 is 11.1 Å². The van der Waals surface area contributed by atoms with Crippen molar-refractivity contribution in [1.82, 2.24) is 0 Å². The molecule has 0 heterocycles. The quantitative estimate of drug-likeness (QED) is 0.649. The standard InChI is InChI=1S/C15H22N2O2/c1-14(2)13(15(14,3)4)17-11-7-6-9(16)8-10(11)12(18)19-5/h6-8,13,17H,16H2,1-5H3. The van der Waals surface area contributed by atoms with Crippen LogP contribution in [0.3, 0.4) is 0 Å².